The molecule has 0 aliphatic heterocycles. The Labute approximate surface area is 83.3 Å². The van der Waals surface area contributed by atoms with Gasteiger partial charge in [0.05, 0.1) is 0 Å². The number of hydrogen-bond donors (Lipinski definition) is 1. The number of aryl methyl sites for hydroxylation is 1. The monoisotopic (exact) mass is 196 g/mol. The van der Waals surface area contributed by atoms with Crippen LogP contribution in [-0.4, -0.2) is 5.11 Å². The van der Waals surface area contributed by atoms with Gasteiger partial charge in [-0.1, -0.05) is 30.5 Å². The second-order valence-corrected chi connectivity index (χ2v) is 4.16. The molecule has 1 aliphatic carbocycles. The molecular formula is C11H13ClO. The minimum atomic E-state index is 0.250. The molecule has 0 atom stereocenters. The van der Waals surface area contributed by atoms with Crippen molar-refractivity contribution in [3.8, 4) is 5.75 Å². The number of benzene rings is 1. The van der Waals surface area contributed by atoms with Crippen molar-refractivity contribution in [2.24, 2.45) is 5.92 Å². The van der Waals surface area contributed by atoms with Gasteiger partial charge in [0.25, 0.3) is 0 Å². The summed E-state index contributed by atoms with van der Waals surface area (Å²) < 4.78 is 0. The molecule has 1 aliphatic rings. The Morgan fingerprint density at radius 2 is 2.15 bits per heavy atom. The third kappa shape index (κ3) is 2.38. The molecule has 2 rings (SSSR count). The van der Waals surface area contributed by atoms with Crippen molar-refractivity contribution in [3.63, 3.8) is 0 Å². The van der Waals surface area contributed by atoms with Crippen LogP contribution in [0.1, 0.15) is 24.8 Å². The van der Waals surface area contributed by atoms with Gasteiger partial charge in [-0.05, 0) is 36.5 Å². The molecule has 1 fully saturated rings. The average Bonchev–Trinajstić information content (AvgIpc) is 2.86. The number of halogens is 1. The lowest BCUT2D eigenvalue weighted by atomic mass is 10.1. The Morgan fingerprint density at radius 3 is 2.77 bits per heavy atom. The summed E-state index contributed by atoms with van der Waals surface area (Å²) >= 11 is 5.97. The zero-order valence-electron chi connectivity index (χ0n) is 7.46. The Bertz CT molecular complexity index is 305. The van der Waals surface area contributed by atoms with E-state index >= 15 is 0 Å². The molecule has 1 N–H and O–H groups in total. The number of phenolic OH excluding ortho intramolecular Hbond substituents is 1. The average molecular weight is 197 g/mol. The van der Waals surface area contributed by atoms with Crippen LogP contribution in [0.4, 0.5) is 0 Å². The lowest BCUT2D eigenvalue weighted by Crippen LogP contribution is -1.87. The van der Waals surface area contributed by atoms with Crippen molar-refractivity contribution in [1.82, 2.24) is 0 Å². The van der Waals surface area contributed by atoms with Crippen LogP contribution in [0.2, 0.25) is 5.02 Å². The van der Waals surface area contributed by atoms with E-state index in [9.17, 15) is 0 Å². The fraction of sp³-hybridized carbons (Fsp3) is 0.455. The van der Waals surface area contributed by atoms with Crippen LogP contribution < -0.4 is 0 Å². The van der Waals surface area contributed by atoms with Gasteiger partial charge in [-0.2, -0.15) is 0 Å². The van der Waals surface area contributed by atoms with E-state index in [2.05, 4.69) is 0 Å². The van der Waals surface area contributed by atoms with Crippen LogP contribution in [0, 0.1) is 5.92 Å². The second kappa shape index (κ2) is 3.59. The molecule has 1 nitrogen and oxygen atoms in total. The van der Waals surface area contributed by atoms with E-state index in [0.29, 0.717) is 5.02 Å². The van der Waals surface area contributed by atoms with Crippen molar-refractivity contribution in [2.45, 2.75) is 25.7 Å². The molecule has 0 heterocycles. The second-order valence-electron chi connectivity index (χ2n) is 3.76. The standard InChI is InChI=1S/C11H13ClO/c12-11-7-10(13)6-5-9(11)4-3-8-1-2-8/h5-8,13H,1-4H2. The van der Waals surface area contributed by atoms with Crippen molar-refractivity contribution in [3.05, 3.63) is 28.8 Å². The summed E-state index contributed by atoms with van der Waals surface area (Å²) in [6.07, 6.45) is 5.06. The summed E-state index contributed by atoms with van der Waals surface area (Å²) in [5.74, 6) is 1.19. The maximum absolute atomic E-state index is 9.14. The quantitative estimate of drug-likeness (QED) is 0.786. The van der Waals surface area contributed by atoms with Crippen LogP contribution in [0.5, 0.6) is 5.75 Å². The van der Waals surface area contributed by atoms with Gasteiger partial charge in [0.15, 0.2) is 0 Å². The maximum Gasteiger partial charge on any atom is 0.117 e. The van der Waals surface area contributed by atoms with Crippen molar-refractivity contribution in [2.75, 3.05) is 0 Å². The molecule has 1 aromatic rings. The molecular weight excluding hydrogens is 184 g/mol. The van der Waals surface area contributed by atoms with Crippen molar-refractivity contribution < 1.29 is 5.11 Å². The molecule has 1 saturated carbocycles. The smallest absolute Gasteiger partial charge is 0.117 e. The number of hydrogen-bond acceptors (Lipinski definition) is 1. The molecule has 1 aromatic carbocycles. The third-order valence-corrected chi connectivity index (χ3v) is 2.91. The molecule has 13 heavy (non-hydrogen) atoms. The zero-order valence-corrected chi connectivity index (χ0v) is 8.22. The van der Waals surface area contributed by atoms with Gasteiger partial charge in [-0.3, -0.25) is 0 Å². The normalized spacial score (nSPS) is 16.1. The Hall–Kier alpha value is -0.690. The van der Waals surface area contributed by atoms with Gasteiger partial charge >= 0.3 is 0 Å². The lowest BCUT2D eigenvalue weighted by Gasteiger charge is -2.03. The number of aromatic hydroxyl groups is 1. The molecule has 2 heteroatoms. The topological polar surface area (TPSA) is 20.2 Å². The van der Waals surface area contributed by atoms with Crippen LogP contribution in [-0.2, 0) is 6.42 Å². The third-order valence-electron chi connectivity index (χ3n) is 2.56. The molecule has 0 radical (unpaired) electrons. The minimum Gasteiger partial charge on any atom is -0.508 e. The molecule has 0 saturated heterocycles. The predicted molar refractivity (Wildman–Crippen MR) is 54.2 cm³/mol. The Morgan fingerprint density at radius 1 is 1.38 bits per heavy atom. The summed E-state index contributed by atoms with van der Waals surface area (Å²) in [5.41, 5.74) is 1.16. The highest BCUT2D eigenvalue weighted by Crippen LogP contribution is 2.34. The van der Waals surface area contributed by atoms with E-state index in [1.54, 1.807) is 12.1 Å². The summed E-state index contributed by atoms with van der Waals surface area (Å²) in [4.78, 5) is 0. The van der Waals surface area contributed by atoms with Gasteiger partial charge in [-0.25, -0.2) is 0 Å². The van der Waals surface area contributed by atoms with E-state index < -0.39 is 0 Å². The summed E-state index contributed by atoms with van der Waals surface area (Å²) in [5, 5.41) is 9.84. The molecule has 0 unspecified atom stereocenters. The van der Waals surface area contributed by atoms with Gasteiger partial charge in [0.2, 0.25) is 0 Å². The largest absolute Gasteiger partial charge is 0.508 e. The van der Waals surface area contributed by atoms with E-state index in [0.717, 1.165) is 17.9 Å². The lowest BCUT2D eigenvalue weighted by molar-refractivity contribution is 0.475. The minimum absolute atomic E-state index is 0.250. The first-order valence-electron chi connectivity index (χ1n) is 4.73. The zero-order chi connectivity index (χ0) is 9.26. The van der Waals surface area contributed by atoms with Crippen molar-refractivity contribution >= 4 is 11.6 Å². The first-order chi connectivity index (χ1) is 6.25. The Balaban J connectivity index is 2.01. The SMILES string of the molecule is Oc1ccc(CCC2CC2)c(Cl)c1. The number of phenols is 1. The summed E-state index contributed by atoms with van der Waals surface area (Å²) in [6.45, 7) is 0. The molecule has 0 amide bonds. The molecule has 70 valence electrons. The van der Waals surface area contributed by atoms with Gasteiger partial charge in [0, 0.05) is 5.02 Å². The highest BCUT2D eigenvalue weighted by atomic mass is 35.5. The van der Waals surface area contributed by atoms with Crippen molar-refractivity contribution in [1.29, 1.82) is 0 Å². The van der Waals surface area contributed by atoms with Crippen LogP contribution in [0.15, 0.2) is 18.2 Å². The molecule has 0 aromatic heterocycles. The van der Waals surface area contributed by atoms with Gasteiger partial charge in [0.1, 0.15) is 5.75 Å². The fourth-order valence-corrected chi connectivity index (χ4v) is 1.77. The van der Waals surface area contributed by atoms with Gasteiger partial charge in [-0.15, -0.1) is 0 Å². The predicted octanol–water partition coefficient (Wildman–Crippen LogP) is 3.39. The summed E-state index contributed by atoms with van der Waals surface area (Å²) in [7, 11) is 0. The highest BCUT2D eigenvalue weighted by molar-refractivity contribution is 6.31. The summed E-state index contributed by atoms with van der Waals surface area (Å²) in [6, 6.07) is 5.23. The first kappa shape index (κ1) is 8.89. The van der Waals surface area contributed by atoms with E-state index in [1.165, 1.54) is 19.3 Å². The maximum atomic E-state index is 9.14. The van der Waals surface area contributed by atoms with Crippen LogP contribution >= 0.6 is 11.6 Å². The fourth-order valence-electron chi connectivity index (χ4n) is 1.51. The van der Waals surface area contributed by atoms with Crippen LogP contribution in [0.3, 0.4) is 0 Å². The van der Waals surface area contributed by atoms with Gasteiger partial charge < -0.3 is 5.11 Å². The molecule has 0 bridgehead atoms. The van der Waals surface area contributed by atoms with E-state index in [4.69, 9.17) is 16.7 Å². The number of rotatable bonds is 3. The Kier molecular flexibility index (Phi) is 2.45. The van der Waals surface area contributed by atoms with E-state index in [1.807, 2.05) is 6.07 Å². The first-order valence-corrected chi connectivity index (χ1v) is 5.11. The molecule has 0 spiro atoms. The highest BCUT2D eigenvalue weighted by Gasteiger charge is 2.20. The van der Waals surface area contributed by atoms with E-state index in [-0.39, 0.29) is 5.75 Å². The van der Waals surface area contributed by atoms with Crippen LogP contribution in [0.25, 0.3) is 0 Å².